The van der Waals surface area contributed by atoms with Crippen LogP contribution in [0.3, 0.4) is 0 Å². The van der Waals surface area contributed by atoms with E-state index in [2.05, 4.69) is 19.9 Å². The molecule has 1 aromatic carbocycles. The Hall–Kier alpha value is -3.61. The van der Waals surface area contributed by atoms with Crippen LogP contribution in [0.4, 0.5) is 0 Å². The largest absolute Gasteiger partial charge is 0.311 e. The van der Waals surface area contributed by atoms with Crippen LogP contribution in [-0.4, -0.2) is 34.1 Å². The second-order valence-corrected chi connectivity index (χ2v) is 5.72. The number of hydrogen-bond donors (Lipinski definition) is 0. The Morgan fingerprint density at radius 3 is 2.68 bits per heavy atom. The fourth-order valence-corrected chi connectivity index (χ4v) is 2.89. The van der Waals surface area contributed by atoms with Crippen LogP contribution in [0.2, 0.25) is 0 Å². The summed E-state index contributed by atoms with van der Waals surface area (Å²) in [6.45, 7) is 0.658. The summed E-state index contributed by atoms with van der Waals surface area (Å²) < 4.78 is 3.88. The molecule has 4 aromatic heterocycles. The van der Waals surface area contributed by atoms with Gasteiger partial charge in [-0.3, -0.25) is 9.55 Å². The van der Waals surface area contributed by atoms with E-state index in [1.807, 2.05) is 51.7 Å². The average Bonchev–Trinajstić information content (AvgIpc) is 3.27. The molecule has 7 heteroatoms. The maximum Gasteiger partial charge on any atom is 0.237 e. The Morgan fingerprint density at radius 1 is 0.840 bits per heavy atom. The highest BCUT2D eigenvalue weighted by molar-refractivity contribution is 5.77. The molecule has 0 atom stereocenters. The molecule has 0 radical (unpaired) electrons. The number of fused-ring (bicyclic) bond motifs is 2. The number of nitrogens with zero attached hydrogens (tertiary/aromatic N) is 7. The van der Waals surface area contributed by atoms with E-state index in [4.69, 9.17) is 4.98 Å². The molecule has 0 saturated carbocycles. The SMILES string of the molecule is c1cncc(Cn2cnc3cnc(-n4cnc5ccccc54)nc32)c1. The average molecular weight is 327 g/mol. The van der Waals surface area contributed by atoms with E-state index >= 15 is 0 Å². The van der Waals surface area contributed by atoms with Crippen molar-refractivity contribution in [2.24, 2.45) is 0 Å². The number of aromatic nitrogens is 7. The summed E-state index contributed by atoms with van der Waals surface area (Å²) >= 11 is 0. The third kappa shape index (κ3) is 2.33. The molecule has 0 spiro atoms. The van der Waals surface area contributed by atoms with E-state index in [1.165, 1.54) is 0 Å². The highest BCUT2D eigenvalue weighted by Crippen LogP contribution is 2.17. The first-order valence-electron chi connectivity index (χ1n) is 7.88. The zero-order chi connectivity index (χ0) is 16.6. The lowest BCUT2D eigenvalue weighted by Gasteiger charge is -2.05. The van der Waals surface area contributed by atoms with E-state index in [0.717, 1.165) is 27.8 Å². The van der Waals surface area contributed by atoms with Crippen LogP contribution in [0.15, 0.2) is 67.6 Å². The molecule has 0 aliphatic carbocycles. The second kappa shape index (κ2) is 5.48. The first-order valence-corrected chi connectivity index (χ1v) is 7.88. The zero-order valence-electron chi connectivity index (χ0n) is 13.2. The molecule has 0 N–H and O–H groups in total. The van der Waals surface area contributed by atoms with Crippen LogP contribution in [0.25, 0.3) is 28.1 Å². The quantitative estimate of drug-likeness (QED) is 0.509. The molecule has 5 rings (SSSR count). The van der Waals surface area contributed by atoms with Gasteiger partial charge >= 0.3 is 0 Å². The summed E-state index contributed by atoms with van der Waals surface area (Å²) in [5.74, 6) is 0.578. The first-order chi connectivity index (χ1) is 12.4. The van der Waals surface area contributed by atoms with E-state index in [-0.39, 0.29) is 0 Å². The van der Waals surface area contributed by atoms with Crippen molar-refractivity contribution in [3.05, 3.63) is 73.2 Å². The molecule has 0 amide bonds. The summed E-state index contributed by atoms with van der Waals surface area (Å²) in [4.78, 5) is 22.1. The van der Waals surface area contributed by atoms with Gasteiger partial charge in [-0.1, -0.05) is 18.2 Å². The third-order valence-electron chi connectivity index (χ3n) is 4.09. The molecule has 120 valence electrons. The molecule has 5 aromatic rings. The molecule has 0 aliphatic heterocycles. The van der Waals surface area contributed by atoms with E-state index < -0.39 is 0 Å². The fourth-order valence-electron chi connectivity index (χ4n) is 2.89. The van der Waals surface area contributed by atoms with Crippen LogP contribution in [0, 0.1) is 0 Å². The molecule has 0 bridgehead atoms. The van der Waals surface area contributed by atoms with Gasteiger partial charge in [-0.25, -0.2) is 15.0 Å². The lowest BCUT2D eigenvalue weighted by atomic mass is 10.3. The van der Waals surface area contributed by atoms with Gasteiger partial charge in [0, 0.05) is 12.4 Å². The van der Waals surface area contributed by atoms with Crippen molar-refractivity contribution in [1.82, 2.24) is 34.1 Å². The molecule has 0 fully saturated rings. The maximum absolute atomic E-state index is 4.72. The van der Waals surface area contributed by atoms with Crippen molar-refractivity contribution in [3.8, 4) is 5.95 Å². The van der Waals surface area contributed by atoms with Gasteiger partial charge in [-0.05, 0) is 23.8 Å². The van der Waals surface area contributed by atoms with Crippen LogP contribution in [-0.2, 0) is 6.54 Å². The monoisotopic (exact) mass is 327 g/mol. The number of pyridine rings is 1. The topological polar surface area (TPSA) is 74.3 Å². The number of imidazole rings is 2. The van der Waals surface area contributed by atoms with Crippen LogP contribution in [0.1, 0.15) is 5.56 Å². The van der Waals surface area contributed by atoms with Gasteiger partial charge in [-0.15, -0.1) is 0 Å². The van der Waals surface area contributed by atoms with Crippen molar-refractivity contribution in [2.75, 3.05) is 0 Å². The van der Waals surface area contributed by atoms with E-state index in [1.54, 1.807) is 25.0 Å². The first kappa shape index (κ1) is 13.8. The van der Waals surface area contributed by atoms with Crippen molar-refractivity contribution in [2.45, 2.75) is 6.54 Å². The predicted octanol–water partition coefficient (Wildman–Crippen LogP) is 2.61. The summed E-state index contributed by atoms with van der Waals surface area (Å²) in [5, 5.41) is 0. The molecular formula is C18H13N7. The Morgan fingerprint density at radius 2 is 1.76 bits per heavy atom. The lowest BCUT2D eigenvalue weighted by Crippen LogP contribution is -2.04. The molecule has 25 heavy (non-hydrogen) atoms. The molecular weight excluding hydrogens is 314 g/mol. The number of hydrogen-bond acceptors (Lipinski definition) is 5. The molecule has 0 saturated heterocycles. The number of benzene rings is 1. The third-order valence-corrected chi connectivity index (χ3v) is 4.09. The fraction of sp³-hybridized carbons (Fsp3) is 0.0556. The second-order valence-electron chi connectivity index (χ2n) is 5.72. The minimum Gasteiger partial charge on any atom is -0.311 e. The van der Waals surface area contributed by atoms with Crippen molar-refractivity contribution in [1.29, 1.82) is 0 Å². The highest BCUT2D eigenvalue weighted by Gasteiger charge is 2.11. The highest BCUT2D eigenvalue weighted by atomic mass is 15.2. The van der Waals surface area contributed by atoms with Gasteiger partial charge in [0.25, 0.3) is 0 Å². The predicted molar refractivity (Wildman–Crippen MR) is 93.3 cm³/mol. The van der Waals surface area contributed by atoms with Gasteiger partial charge in [0.15, 0.2) is 5.65 Å². The minimum absolute atomic E-state index is 0.578. The minimum atomic E-state index is 0.578. The smallest absolute Gasteiger partial charge is 0.237 e. The van der Waals surface area contributed by atoms with Crippen LogP contribution in [0.5, 0.6) is 0 Å². The van der Waals surface area contributed by atoms with E-state index in [0.29, 0.717) is 12.5 Å². The summed E-state index contributed by atoms with van der Waals surface area (Å²) in [6, 6.07) is 11.9. The Balaban J connectivity index is 1.62. The standard InChI is InChI=1S/C18H13N7/c1-2-6-16-14(5-1)22-12-25(16)18-20-9-15-17(23-18)24(11-21-15)10-13-4-3-7-19-8-13/h1-9,11-12H,10H2. The molecule has 4 heterocycles. The number of para-hydroxylation sites is 2. The summed E-state index contributed by atoms with van der Waals surface area (Å²) in [5.41, 5.74) is 4.52. The lowest BCUT2D eigenvalue weighted by molar-refractivity contribution is 0.804. The maximum atomic E-state index is 4.72. The van der Waals surface area contributed by atoms with Crippen LogP contribution >= 0.6 is 0 Å². The van der Waals surface area contributed by atoms with Gasteiger partial charge < -0.3 is 4.57 Å². The summed E-state index contributed by atoms with van der Waals surface area (Å²) in [6.07, 6.45) is 8.87. The molecule has 0 unspecified atom stereocenters. The van der Waals surface area contributed by atoms with Gasteiger partial charge in [0.1, 0.15) is 11.8 Å². The van der Waals surface area contributed by atoms with Crippen molar-refractivity contribution in [3.63, 3.8) is 0 Å². The van der Waals surface area contributed by atoms with E-state index in [9.17, 15) is 0 Å². The van der Waals surface area contributed by atoms with Gasteiger partial charge in [0.2, 0.25) is 5.95 Å². The molecule has 0 aliphatic rings. The molecule has 7 nitrogen and oxygen atoms in total. The Labute approximate surface area is 142 Å². The van der Waals surface area contributed by atoms with Gasteiger partial charge in [0.05, 0.1) is 30.1 Å². The van der Waals surface area contributed by atoms with Gasteiger partial charge in [-0.2, -0.15) is 4.98 Å². The Kier molecular flexibility index (Phi) is 3.03. The summed E-state index contributed by atoms with van der Waals surface area (Å²) in [7, 11) is 0. The number of rotatable bonds is 3. The van der Waals surface area contributed by atoms with Crippen molar-refractivity contribution >= 4 is 22.2 Å². The zero-order valence-corrected chi connectivity index (χ0v) is 13.2. The Bertz CT molecular complexity index is 1170. The van der Waals surface area contributed by atoms with Crippen molar-refractivity contribution < 1.29 is 0 Å². The normalized spacial score (nSPS) is 11.4. The van der Waals surface area contributed by atoms with Crippen LogP contribution < -0.4 is 0 Å².